The van der Waals surface area contributed by atoms with Crippen molar-refractivity contribution in [1.29, 1.82) is 0 Å². The molecule has 0 unspecified atom stereocenters. The van der Waals surface area contributed by atoms with E-state index in [1.807, 2.05) is 0 Å². The number of nitrogens with one attached hydrogen (secondary N) is 1. The predicted octanol–water partition coefficient (Wildman–Crippen LogP) is 4.23. The van der Waals surface area contributed by atoms with Gasteiger partial charge in [0.25, 0.3) is 5.91 Å². The molecule has 0 saturated carbocycles. The first-order chi connectivity index (χ1) is 16.2. The molecule has 0 bridgehead atoms. The number of anilines is 2. The number of nitrogens with two attached hydrogens (primary N) is 1. The van der Waals surface area contributed by atoms with Crippen LogP contribution >= 0.6 is 15.9 Å². The van der Waals surface area contributed by atoms with E-state index in [1.54, 1.807) is 12.1 Å². The van der Waals surface area contributed by atoms with Crippen LogP contribution in [0.1, 0.15) is 32.4 Å². The molecule has 0 radical (unpaired) electrons. The fourth-order valence-electron chi connectivity index (χ4n) is 3.66. The highest BCUT2D eigenvalue weighted by Gasteiger charge is 2.46. The number of amides is 1. The van der Waals surface area contributed by atoms with Crippen LogP contribution in [0.15, 0.2) is 65.1 Å². The first-order valence-electron chi connectivity index (χ1n) is 9.86. The van der Waals surface area contributed by atoms with E-state index < -0.39 is 52.8 Å². The van der Waals surface area contributed by atoms with E-state index in [1.165, 1.54) is 36.4 Å². The molecule has 7 nitrogen and oxygen atoms in total. The molecule has 0 aromatic heterocycles. The zero-order valence-electron chi connectivity index (χ0n) is 17.2. The number of esters is 1. The van der Waals surface area contributed by atoms with Crippen molar-refractivity contribution in [3.63, 3.8) is 0 Å². The average Bonchev–Trinajstić information content (AvgIpc) is 3.12. The summed E-state index contributed by atoms with van der Waals surface area (Å²) in [6, 6.07) is 13.3. The van der Waals surface area contributed by atoms with E-state index in [0.717, 1.165) is 6.07 Å². The molecule has 0 aliphatic carbocycles. The van der Waals surface area contributed by atoms with Crippen molar-refractivity contribution >= 4 is 50.7 Å². The number of fused-ring (bicyclic) bond motifs is 1. The second-order valence-electron chi connectivity index (χ2n) is 7.44. The fourth-order valence-corrected chi connectivity index (χ4v) is 4.17. The minimum absolute atomic E-state index is 0.0146. The molecule has 3 aromatic carbocycles. The molecule has 0 saturated heterocycles. The third-order valence-corrected chi connectivity index (χ3v) is 5.85. The number of benzene rings is 3. The standard InChI is InChI=1S/C24H15BrF2N2O5/c25-16-9-12(26)10-17(27)19(16)29-23(32)21(31)18(20(30)11-4-3-5-13(28)8-11)22-14-6-1-2-7-15(14)24(33)34-22/h1-10,18,22H,28H2,(H,29,32)/t18-,22-/m1/s1. The van der Waals surface area contributed by atoms with Gasteiger partial charge in [0.15, 0.2) is 11.6 Å². The molecule has 10 heteroatoms. The Kier molecular flexibility index (Phi) is 6.25. The topological polar surface area (TPSA) is 116 Å². The van der Waals surface area contributed by atoms with E-state index in [0.29, 0.717) is 6.07 Å². The molecule has 2 atom stereocenters. The van der Waals surface area contributed by atoms with Gasteiger partial charge in [0.05, 0.1) is 11.3 Å². The minimum Gasteiger partial charge on any atom is -0.453 e. The second kappa shape index (κ2) is 9.14. The van der Waals surface area contributed by atoms with E-state index in [2.05, 4.69) is 21.2 Å². The van der Waals surface area contributed by atoms with Crippen LogP contribution in [0.25, 0.3) is 0 Å². The number of carbonyl (C=O) groups excluding carboxylic acids is 4. The summed E-state index contributed by atoms with van der Waals surface area (Å²) in [4.78, 5) is 51.8. The third kappa shape index (κ3) is 4.32. The van der Waals surface area contributed by atoms with Crippen molar-refractivity contribution in [2.75, 3.05) is 11.1 Å². The van der Waals surface area contributed by atoms with Gasteiger partial charge in [-0.3, -0.25) is 14.4 Å². The number of cyclic esters (lactones) is 1. The number of rotatable bonds is 6. The zero-order valence-corrected chi connectivity index (χ0v) is 18.8. The van der Waals surface area contributed by atoms with Crippen molar-refractivity contribution in [2.24, 2.45) is 5.92 Å². The SMILES string of the molecule is Nc1cccc(C(=O)[C@H](C(=O)C(=O)Nc2c(F)cc(F)cc2Br)[C@@H]2OC(=O)c3ccccc32)c1. The Hall–Kier alpha value is -3.92. The Morgan fingerprint density at radius 2 is 1.76 bits per heavy atom. The van der Waals surface area contributed by atoms with Crippen LogP contribution < -0.4 is 11.1 Å². The first kappa shape index (κ1) is 23.2. The summed E-state index contributed by atoms with van der Waals surface area (Å²) in [6.45, 7) is 0. The summed E-state index contributed by atoms with van der Waals surface area (Å²) in [5, 5.41) is 2.07. The number of hydrogen-bond donors (Lipinski definition) is 2. The van der Waals surface area contributed by atoms with E-state index in [-0.39, 0.29) is 26.9 Å². The molecule has 3 aromatic rings. The van der Waals surface area contributed by atoms with E-state index >= 15 is 0 Å². The molecule has 1 heterocycles. The van der Waals surface area contributed by atoms with Crippen LogP contribution in [0.2, 0.25) is 0 Å². The van der Waals surface area contributed by atoms with Crippen LogP contribution in [0.3, 0.4) is 0 Å². The minimum atomic E-state index is -1.78. The molecule has 1 amide bonds. The van der Waals surface area contributed by atoms with Crippen molar-refractivity contribution in [1.82, 2.24) is 0 Å². The van der Waals surface area contributed by atoms with Gasteiger partial charge in [0.1, 0.15) is 17.8 Å². The quantitative estimate of drug-likeness (QED) is 0.162. The highest BCUT2D eigenvalue weighted by Crippen LogP contribution is 2.38. The van der Waals surface area contributed by atoms with Gasteiger partial charge in [-0.15, -0.1) is 0 Å². The number of carbonyl (C=O) groups is 4. The third-order valence-electron chi connectivity index (χ3n) is 5.23. The molecule has 0 spiro atoms. The van der Waals surface area contributed by atoms with Crippen molar-refractivity contribution in [2.45, 2.75) is 6.10 Å². The van der Waals surface area contributed by atoms with Gasteiger partial charge in [-0.2, -0.15) is 0 Å². The van der Waals surface area contributed by atoms with Crippen molar-refractivity contribution in [3.05, 3.63) is 93.5 Å². The smallest absolute Gasteiger partial charge is 0.339 e. The van der Waals surface area contributed by atoms with Gasteiger partial charge in [-0.05, 0) is 40.2 Å². The van der Waals surface area contributed by atoms with Gasteiger partial charge in [-0.1, -0.05) is 30.3 Å². The molecular formula is C24H15BrF2N2O5. The lowest BCUT2D eigenvalue weighted by Gasteiger charge is -2.21. The summed E-state index contributed by atoms with van der Waals surface area (Å²) in [7, 11) is 0. The molecule has 34 heavy (non-hydrogen) atoms. The van der Waals surface area contributed by atoms with Crippen LogP contribution in [0, 0.1) is 17.6 Å². The molecule has 0 fully saturated rings. The van der Waals surface area contributed by atoms with E-state index in [4.69, 9.17) is 10.5 Å². The maximum atomic E-state index is 14.2. The summed E-state index contributed by atoms with van der Waals surface area (Å²) < 4.78 is 32.8. The number of ether oxygens (including phenoxy) is 1. The lowest BCUT2D eigenvalue weighted by Crippen LogP contribution is -2.38. The predicted molar refractivity (Wildman–Crippen MR) is 121 cm³/mol. The Morgan fingerprint density at radius 1 is 1.03 bits per heavy atom. The van der Waals surface area contributed by atoms with Gasteiger partial charge >= 0.3 is 5.97 Å². The molecular weight excluding hydrogens is 514 g/mol. The summed E-state index contributed by atoms with van der Waals surface area (Å²) in [5.74, 6) is -8.03. The van der Waals surface area contributed by atoms with E-state index in [9.17, 15) is 28.0 Å². The van der Waals surface area contributed by atoms with Crippen molar-refractivity contribution in [3.8, 4) is 0 Å². The zero-order chi connectivity index (χ0) is 24.6. The monoisotopic (exact) mass is 528 g/mol. The maximum Gasteiger partial charge on any atom is 0.339 e. The van der Waals surface area contributed by atoms with Crippen LogP contribution in [-0.4, -0.2) is 23.4 Å². The lowest BCUT2D eigenvalue weighted by atomic mass is 9.84. The highest BCUT2D eigenvalue weighted by molar-refractivity contribution is 9.10. The number of nitrogen functional groups attached to an aromatic ring is 1. The van der Waals surface area contributed by atoms with Crippen molar-refractivity contribution < 1.29 is 32.7 Å². The normalized spacial score (nSPS) is 15.3. The highest BCUT2D eigenvalue weighted by atomic mass is 79.9. The fraction of sp³-hybridized carbons (Fsp3) is 0.0833. The summed E-state index contributed by atoms with van der Waals surface area (Å²) in [6.07, 6.45) is -1.39. The Labute approximate surface area is 200 Å². The molecule has 1 aliphatic rings. The average molecular weight is 529 g/mol. The van der Waals surface area contributed by atoms with Crippen LogP contribution in [0.4, 0.5) is 20.2 Å². The Balaban J connectivity index is 1.74. The number of hydrogen-bond acceptors (Lipinski definition) is 6. The molecule has 1 aliphatic heterocycles. The Morgan fingerprint density at radius 3 is 2.47 bits per heavy atom. The van der Waals surface area contributed by atoms with Crippen LogP contribution in [-0.2, 0) is 14.3 Å². The number of halogens is 3. The van der Waals surface area contributed by atoms with Gasteiger partial charge in [0.2, 0.25) is 5.78 Å². The maximum absolute atomic E-state index is 14.2. The number of Topliss-reactive ketones (excluding diaryl/α,β-unsaturated/α-hetero) is 2. The Bertz CT molecular complexity index is 1340. The lowest BCUT2D eigenvalue weighted by molar-refractivity contribution is -0.138. The first-order valence-corrected chi connectivity index (χ1v) is 10.7. The summed E-state index contributed by atoms with van der Waals surface area (Å²) in [5.41, 5.74) is 5.92. The molecule has 3 N–H and O–H groups in total. The van der Waals surface area contributed by atoms with Gasteiger partial charge in [-0.25, -0.2) is 13.6 Å². The summed E-state index contributed by atoms with van der Waals surface area (Å²) >= 11 is 2.93. The second-order valence-corrected chi connectivity index (χ2v) is 8.30. The van der Waals surface area contributed by atoms with Gasteiger partial charge < -0.3 is 15.8 Å². The molecule has 172 valence electrons. The molecule has 4 rings (SSSR count). The largest absolute Gasteiger partial charge is 0.453 e. The van der Waals surface area contributed by atoms with Gasteiger partial charge in [0, 0.05) is 27.4 Å². The van der Waals surface area contributed by atoms with Crippen LogP contribution in [0.5, 0.6) is 0 Å². The number of ketones is 2.